The van der Waals surface area contributed by atoms with Crippen LogP contribution < -0.4 is 5.32 Å². The molecule has 4 nitrogen and oxygen atoms in total. The van der Waals surface area contributed by atoms with E-state index in [1.54, 1.807) is 12.3 Å². The van der Waals surface area contributed by atoms with Gasteiger partial charge in [0, 0.05) is 16.4 Å². The van der Waals surface area contributed by atoms with Crippen molar-refractivity contribution in [3.63, 3.8) is 0 Å². The van der Waals surface area contributed by atoms with Crippen molar-refractivity contribution in [1.29, 1.82) is 0 Å². The number of nitrogens with zero attached hydrogens (tertiary/aromatic N) is 1. The van der Waals surface area contributed by atoms with Crippen LogP contribution in [0.4, 0.5) is 11.5 Å². The summed E-state index contributed by atoms with van der Waals surface area (Å²) in [6, 6.07) is 7.08. The first-order chi connectivity index (χ1) is 8.99. The minimum absolute atomic E-state index is 0.157. The summed E-state index contributed by atoms with van der Waals surface area (Å²) in [6.45, 7) is 3.92. The first-order valence-corrected chi connectivity index (χ1v) is 6.50. The van der Waals surface area contributed by atoms with Crippen LogP contribution in [0, 0.1) is 13.8 Å². The van der Waals surface area contributed by atoms with Crippen LogP contribution in [0.5, 0.6) is 0 Å². The van der Waals surface area contributed by atoms with Gasteiger partial charge in [0.2, 0.25) is 0 Å². The van der Waals surface area contributed by atoms with E-state index in [1.165, 1.54) is 6.07 Å². The second-order valence-electron chi connectivity index (χ2n) is 4.24. The van der Waals surface area contributed by atoms with Crippen LogP contribution >= 0.6 is 15.9 Å². The Hall–Kier alpha value is -1.88. The van der Waals surface area contributed by atoms with Crippen molar-refractivity contribution in [3.8, 4) is 0 Å². The molecule has 2 aromatic rings. The third-order valence-electron chi connectivity index (χ3n) is 2.78. The first kappa shape index (κ1) is 13.5. The van der Waals surface area contributed by atoms with Gasteiger partial charge in [0.05, 0.1) is 0 Å². The fraction of sp³-hybridized carbons (Fsp3) is 0.143. The van der Waals surface area contributed by atoms with E-state index in [1.807, 2.05) is 26.0 Å². The molecule has 0 amide bonds. The molecular weight excluding hydrogens is 308 g/mol. The van der Waals surface area contributed by atoms with E-state index in [9.17, 15) is 4.79 Å². The summed E-state index contributed by atoms with van der Waals surface area (Å²) in [6.07, 6.45) is 1.57. The third kappa shape index (κ3) is 2.93. The number of pyridine rings is 1. The predicted molar refractivity (Wildman–Crippen MR) is 78.1 cm³/mol. The Kier molecular flexibility index (Phi) is 3.85. The van der Waals surface area contributed by atoms with E-state index in [-0.39, 0.29) is 5.56 Å². The fourth-order valence-electron chi connectivity index (χ4n) is 1.90. The van der Waals surface area contributed by atoms with Crippen LogP contribution in [0.15, 0.2) is 34.9 Å². The normalized spacial score (nSPS) is 10.3. The topological polar surface area (TPSA) is 62.2 Å². The van der Waals surface area contributed by atoms with Crippen molar-refractivity contribution < 1.29 is 9.90 Å². The second kappa shape index (κ2) is 5.40. The van der Waals surface area contributed by atoms with Crippen molar-refractivity contribution in [2.24, 2.45) is 0 Å². The molecule has 0 aliphatic carbocycles. The van der Waals surface area contributed by atoms with Crippen LogP contribution in [-0.2, 0) is 0 Å². The van der Waals surface area contributed by atoms with E-state index >= 15 is 0 Å². The predicted octanol–water partition coefficient (Wildman–Crippen LogP) is 3.90. The van der Waals surface area contributed by atoms with Gasteiger partial charge in [0.15, 0.2) is 0 Å². The molecule has 5 heteroatoms. The van der Waals surface area contributed by atoms with Gasteiger partial charge in [-0.2, -0.15) is 0 Å². The Balaban J connectivity index is 2.45. The number of rotatable bonds is 3. The van der Waals surface area contributed by atoms with Crippen molar-refractivity contribution in [1.82, 2.24) is 4.98 Å². The maximum Gasteiger partial charge on any atom is 0.339 e. The minimum Gasteiger partial charge on any atom is -0.478 e. The molecule has 0 radical (unpaired) electrons. The Bertz CT molecular complexity index is 618. The summed E-state index contributed by atoms with van der Waals surface area (Å²) < 4.78 is 0.993. The smallest absolute Gasteiger partial charge is 0.339 e. The van der Waals surface area contributed by atoms with Gasteiger partial charge in [0.1, 0.15) is 11.4 Å². The number of halogens is 1. The molecule has 2 N–H and O–H groups in total. The van der Waals surface area contributed by atoms with E-state index in [0.29, 0.717) is 5.82 Å². The van der Waals surface area contributed by atoms with E-state index in [2.05, 4.69) is 26.2 Å². The molecule has 0 saturated heterocycles. The number of aromatic carboxylic acids is 1. The standard InChI is InChI=1S/C14H13BrN2O2/c1-8-6-10(15)7-9(2)12(8)17-13-11(14(18)19)4-3-5-16-13/h3-7H,1-2H3,(H,16,17)(H,18,19). The summed E-state index contributed by atoms with van der Waals surface area (Å²) in [7, 11) is 0. The number of aryl methyl sites for hydroxylation is 2. The molecule has 0 fully saturated rings. The van der Waals surface area contributed by atoms with Crippen LogP contribution in [0.1, 0.15) is 21.5 Å². The number of hydrogen-bond acceptors (Lipinski definition) is 3. The van der Waals surface area contributed by atoms with Gasteiger partial charge in [-0.15, -0.1) is 0 Å². The lowest BCUT2D eigenvalue weighted by atomic mass is 10.1. The third-order valence-corrected chi connectivity index (χ3v) is 3.24. The molecule has 98 valence electrons. The van der Waals surface area contributed by atoms with Gasteiger partial charge in [-0.25, -0.2) is 9.78 Å². The Morgan fingerprint density at radius 1 is 1.32 bits per heavy atom. The molecule has 1 aromatic carbocycles. The summed E-state index contributed by atoms with van der Waals surface area (Å²) >= 11 is 3.43. The Morgan fingerprint density at radius 2 is 1.95 bits per heavy atom. The zero-order valence-corrected chi connectivity index (χ0v) is 12.2. The Morgan fingerprint density at radius 3 is 2.53 bits per heavy atom. The molecule has 0 saturated carbocycles. The van der Waals surface area contributed by atoms with Gasteiger partial charge < -0.3 is 10.4 Å². The largest absolute Gasteiger partial charge is 0.478 e. The lowest BCUT2D eigenvalue weighted by Crippen LogP contribution is -2.06. The minimum atomic E-state index is -0.997. The molecule has 0 aliphatic rings. The molecule has 2 rings (SSSR count). The summed E-state index contributed by atoms with van der Waals surface area (Å²) in [4.78, 5) is 15.2. The van der Waals surface area contributed by atoms with Crippen LogP contribution in [0.25, 0.3) is 0 Å². The highest BCUT2D eigenvalue weighted by Crippen LogP contribution is 2.28. The van der Waals surface area contributed by atoms with E-state index < -0.39 is 5.97 Å². The van der Waals surface area contributed by atoms with Crippen molar-refractivity contribution in [2.75, 3.05) is 5.32 Å². The number of anilines is 2. The summed E-state index contributed by atoms with van der Waals surface area (Å²) in [5.74, 6) is -0.647. The molecule has 0 aliphatic heterocycles. The van der Waals surface area contributed by atoms with Gasteiger partial charge in [-0.3, -0.25) is 0 Å². The fourth-order valence-corrected chi connectivity index (χ4v) is 2.59. The number of carbonyl (C=O) groups is 1. The van der Waals surface area contributed by atoms with Crippen molar-refractivity contribution in [3.05, 3.63) is 51.6 Å². The van der Waals surface area contributed by atoms with Gasteiger partial charge in [-0.05, 0) is 49.2 Å². The number of carboxylic acid groups (broad SMARTS) is 1. The highest BCUT2D eigenvalue weighted by atomic mass is 79.9. The average molecular weight is 321 g/mol. The van der Waals surface area contributed by atoms with Crippen molar-refractivity contribution in [2.45, 2.75) is 13.8 Å². The summed E-state index contributed by atoms with van der Waals surface area (Å²) in [5.41, 5.74) is 3.08. The maximum atomic E-state index is 11.1. The number of aromatic nitrogens is 1. The maximum absolute atomic E-state index is 11.1. The molecule has 0 spiro atoms. The zero-order valence-electron chi connectivity index (χ0n) is 10.6. The van der Waals surface area contributed by atoms with Crippen LogP contribution in [0.3, 0.4) is 0 Å². The second-order valence-corrected chi connectivity index (χ2v) is 5.16. The highest BCUT2D eigenvalue weighted by molar-refractivity contribution is 9.10. The van der Waals surface area contributed by atoms with Crippen molar-refractivity contribution >= 4 is 33.4 Å². The molecule has 1 aromatic heterocycles. The van der Waals surface area contributed by atoms with Gasteiger partial charge in [-0.1, -0.05) is 15.9 Å². The van der Waals surface area contributed by atoms with Crippen LogP contribution in [0.2, 0.25) is 0 Å². The SMILES string of the molecule is Cc1cc(Br)cc(C)c1Nc1ncccc1C(=O)O. The number of benzene rings is 1. The first-order valence-electron chi connectivity index (χ1n) is 5.71. The molecule has 0 bridgehead atoms. The molecule has 19 heavy (non-hydrogen) atoms. The molecule has 1 heterocycles. The molecule has 0 atom stereocenters. The summed E-state index contributed by atoms with van der Waals surface area (Å²) in [5, 5.41) is 12.2. The Labute approximate surface area is 119 Å². The number of nitrogens with one attached hydrogen (secondary N) is 1. The average Bonchev–Trinajstić information content (AvgIpc) is 2.34. The van der Waals surface area contributed by atoms with E-state index in [4.69, 9.17) is 5.11 Å². The lowest BCUT2D eigenvalue weighted by molar-refractivity contribution is 0.0697. The lowest BCUT2D eigenvalue weighted by Gasteiger charge is -2.14. The number of carboxylic acids is 1. The highest BCUT2D eigenvalue weighted by Gasteiger charge is 2.12. The monoisotopic (exact) mass is 320 g/mol. The number of hydrogen-bond donors (Lipinski definition) is 2. The molecule has 0 unspecified atom stereocenters. The van der Waals surface area contributed by atoms with Gasteiger partial charge in [0.25, 0.3) is 0 Å². The van der Waals surface area contributed by atoms with E-state index in [0.717, 1.165) is 21.3 Å². The zero-order chi connectivity index (χ0) is 14.0. The van der Waals surface area contributed by atoms with Crippen LogP contribution in [-0.4, -0.2) is 16.1 Å². The quantitative estimate of drug-likeness (QED) is 0.900. The molecular formula is C14H13BrN2O2. The van der Waals surface area contributed by atoms with Gasteiger partial charge >= 0.3 is 5.97 Å².